The van der Waals surface area contributed by atoms with Crippen LogP contribution in [0.15, 0.2) is 48.5 Å². The SMILES string of the molecule is COc1ccc(/C=C/C(=O)N2CCN(C(=O)c3ccc(C(F)(F)F)cc3)CC2)cc1OC. The van der Waals surface area contributed by atoms with Crippen LogP contribution in [0, 0.1) is 0 Å². The lowest BCUT2D eigenvalue weighted by atomic mass is 10.1. The second-order valence-electron chi connectivity index (χ2n) is 7.14. The third-order valence-electron chi connectivity index (χ3n) is 5.16. The quantitative estimate of drug-likeness (QED) is 0.655. The van der Waals surface area contributed by atoms with Crippen molar-refractivity contribution >= 4 is 17.9 Å². The van der Waals surface area contributed by atoms with E-state index in [2.05, 4.69) is 0 Å². The van der Waals surface area contributed by atoms with E-state index in [0.717, 1.165) is 17.7 Å². The molecule has 0 spiro atoms. The number of amides is 2. The van der Waals surface area contributed by atoms with Crippen molar-refractivity contribution in [2.75, 3.05) is 40.4 Å². The first-order valence-corrected chi connectivity index (χ1v) is 9.88. The zero-order valence-electron chi connectivity index (χ0n) is 17.7. The number of halogens is 3. The summed E-state index contributed by atoms with van der Waals surface area (Å²) in [5, 5.41) is 0. The number of ether oxygens (including phenoxy) is 2. The largest absolute Gasteiger partial charge is 0.493 e. The van der Waals surface area contributed by atoms with Crippen LogP contribution in [0.3, 0.4) is 0 Å². The van der Waals surface area contributed by atoms with Crippen LogP contribution in [-0.2, 0) is 11.0 Å². The summed E-state index contributed by atoms with van der Waals surface area (Å²) in [6, 6.07) is 9.44. The predicted molar refractivity (Wildman–Crippen MR) is 113 cm³/mol. The van der Waals surface area contributed by atoms with Gasteiger partial charge >= 0.3 is 6.18 Å². The summed E-state index contributed by atoms with van der Waals surface area (Å²) in [4.78, 5) is 28.2. The Kier molecular flexibility index (Phi) is 7.07. The molecule has 0 bridgehead atoms. The molecule has 1 heterocycles. The highest BCUT2D eigenvalue weighted by Crippen LogP contribution is 2.29. The highest BCUT2D eigenvalue weighted by atomic mass is 19.4. The van der Waals surface area contributed by atoms with Gasteiger partial charge in [-0.2, -0.15) is 13.2 Å². The maximum atomic E-state index is 12.7. The molecule has 1 saturated heterocycles. The second-order valence-corrected chi connectivity index (χ2v) is 7.14. The van der Waals surface area contributed by atoms with Crippen molar-refractivity contribution in [2.24, 2.45) is 0 Å². The van der Waals surface area contributed by atoms with Gasteiger partial charge in [-0.05, 0) is 48.0 Å². The summed E-state index contributed by atoms with van der Waals surface area (Å²) in [6.45, 7) is 1.27. The third-order valence-corrected chi connectivity index (χ3v) is 5.16. The highest BCUT2D eigenvalue weighted by Gasteiger charge is 2.31. The summed E-state index contributed by atoms with van der Waals surface area (Å²) >= 11 is 0. The minimum absolute atomic E-state index is 0.186. The molecule has 0 N–H and O–H groups in total. The first kappa shape index (κ1) is 23.2. The van der Waals surface area contributed by atoms with Crippen molar-refractivity contribution in [1.82, 2.24) is 9.80 Å². The molecule has 1 aliphatic heterocycles. The molecule has 9 heteroatoms. The zero-order chi connectivity index (χ0) is 23.3. The van der Waals surface area contributed by atoms with Gasteiger partial charge in [-0.3, -0.25) is 9.59 Å². The molecular formula is C23H23F3N2O4. The van der Waals surface area contributed by atoms with Crippen LogP contribution in [0.5, 0.6) is 11.5 Å². The lowest BCUT2D eigenvalue weighted by molar-refractivity contribution is -0.137. The Labute approximate surface area is 183 Å². The van der Waals surface area contributed by atoms with Crippen LogP contribution in [-0.4, -0.2) is 62.0 Å². The Morgan fingerprint density at radius 3 is 2.03 bits per heavy atom. The van der Waals surface area contributed by atoms with Crippen molar-refractivity contribution in [2.45, 2.75) is 6.18 Å². The highest BCUT2D eigenvalue weighted by molar-refractivity contribution is 5.95. The molecule has 32 heavy (non-hydrogen) atoms. The van der Waals surface area contributed by atoms with E-state index in [1.54, 1.807) is 36.3 Å². The number of methoxy groups -OCH3 is 2. The van der Waals surface area contributed by atoms with Crippen molar-refractivity contribution in [1.29, 1.82) is 0 Å². The molecule has 2 amide bonds. The number of piperazine rings is 1. The van der Waals surface area contributed by atoms with Crippen LogP contribution in [0.2, 0.25) is 0 Å². The van der Waals surface area contributed by atoms with Crippen molar-refractivity contribution < 1.29 is 32.2 Å². The van der Waals surface area contributed by atoms with Crippen LogP contribution in [0.25, 0.3) is 6.08 Å². The molecule has 0 atom stereocenters. The minimum Gasteiger partial charge on any atom is -0.493 e. The van der Waals surface area contributed by atoms with Gasteiger partial charge in [0.15, 0.2) is 11.5 Å². The Hall–Kier alpha value is -3.49. The standard InChI is InChI=1S/C23H23F3N2O4/c1-31-19-9-3-16(15-20(19)32-2)4-10-21(29)27-11-13-28(14-12-27)22(30)17-5-7-18(8-6-17)23(24,25)26/h3-10,15H,11-14H2,1-2H3/b10-4+. The summed E-state index contributed by atoms with van der Waals surface area (Å²) in [6.07, 6.45) is -1.32. The van der Waals surface area contributed by atoms with E-state index in [0.29, 0.717) is 37.7 Å². The average molecular weight is 448 g/mol. The first-order valence-electron chi connectivity index (χ1n) is 9.88. The zero-order valence-corrected chi connectivity index (χ0v) is 17.7. The van der Waals surface area contributed by atoms with Gasteiger partial charge in [-0.25, -0.2) is 0 Å². The minimum atomic E-state index is -4.45. The number of nitrogens with zero attached hydrogens (tertiary/aromatic N) is 2. The van der Waals surface area contributed by atoms with Gasteiger partial charge in [0, 0.05) is 37.8 Å². The van der Waals surface area contributed by atoms with E-state index in [1.807, 2.05) is 0 Å². The number of carbonyl (C=O) groups is 2. The molecule has 0 unspecified atom stereocenters. The van der Waals surface area contributed by atoms with Gasteiger partial charge in [-0.15, -0.1) is 0 Å². The summed E-state index contributed by atoms with van der Waals surface area (Å²) in [7, 11) is 3.07. The fourth-order valence-electron chi connectivity index (χ4n) is 3.34. The van der Waals surface area contributed by atoms with Gasteiger partial charge in [0.2, 0.25) is 5.91 Å². The van der Waals surface area contributed by atoms with Gasteiger partial charge in [0.05, 0.1) is 19.8 Å². The van der Waals surface area contributed by atoms with Crippen molar-refractivity contribution in [3.05, 3.63) is 65.2 Å². The number of hydrogen-bond donors (Lipinski definition) is 0. The maximum Gasteiger partial charge on any atom is 0.416 e. The third kappa shape index (κ3) is 5.40. The summed E-state index contributed by atoms with van der Waals surface area (Å²) in [5.74, 6) is 0.593. The van der Waals surface area contributed by atoms with Crippen LogP contribution in [0.4, 0.5) is 13.2 Å². The van der Waals surface area contributed by atoms with Crippen LogP contribution < -0.4 is 9.47 Å². The van der Waals surface area contributed by atoms with Gasteiger partial charge < -0.3 is 19.3 Å². The van der Waals surface area contributed by atoms with Crippen molar-refractivity contribution in [3.8, 4) is 11.5 Å². The van der Waals surface area contributed by atoms with E-state index in [4.69, 9.17) is 9.47 Å². The fourth-order valence-corrected chi connectivity index (χ4v) is 3.34. The fraction of sp³-hybridized carbons (Fsp3) is 0.304. The Balaban J connectivity index is 1.56. The predicted octanol–water partition coefficient (Wildman–Crippen LogP) is 3.72. The van der Waals surface area contributed by atoms with Gasteiger partial charge in [0.25, 0.3) is 5.91 Å². The molecule has 3 rings (SSSR count). The molecule has 2 aromatic carbocycles. The molecule has 0 aliphatic carbocycles. The van der Waals surface area contributed by atoms with E-state index in [-0.39, 0.29) is 17.4 Å². The summed E-state index contributed by atoms with van der Waals surface area (Å²) in [5.41, 5.74) is 0.156. The average Bonchev–Trinajstić information content (AvgIpc) is 2.81. The monoisotopic (exact) mass is 448 g/mol. The topological polar surface area (TPSA) is 59.1 Å². The van der Waals surface area contributed by atoms with E-state index < -0.39 is 11.7 Å². The number of alkyl halides is 3. The number of hydrogen-bond acceptors (Lipinski definition) is 4. The molecule has 1 aliphatic rings. The molecule has 6 nitrogen and oxygen atoms in total. The molecule has 1 fully saturated rings. The van der Waals surface area contributed by atoms with E-state index >= 15 is 0 Å². The van der Waals surface area contributed by atoms with Gasteiger partial charge in [-0.1, -0.05) is 6.07 Å². The van der Waals surface area contributed by atoms with Crippen LogP contribution in [0.1, 0.15) is 21.5 Å². The Morgan fingerprint density at radius 1 is 0.875 bits per heavy atom. The molecular weight excluding hydrogens is 425 g/mol. The van der Waals surface area contributed by atoms with Crippen molar-refractivity contribution in [3.63, 3.8) is 0 Å². The smallest absolute Gasteiger partial charge is 0.416 e. The maximum absolute atomic E-state index is 12.7. The first-order chi connectivity index (χ1) is 15.2. The summed E-state index contributed by atoms with van der Waals surface area (Å²) < 4.78 is 48.5. The number of benzene rings is 2. The Bertz CT molecular complexity index is 995. The molecule has 0 aromatic heterocycles. The molecule has 0 saturated carbocycles. The van der Waals surface area contributed by atoms with Crippen LogP contribution >= 0.6 is 0 Å². The lowest BCUT2D eigenvalue weighted by Crippen LogP contribution is -2.50. The molecule has 170 valence electrons. The van der Waals surface area contributed by atoms with Gasteiger partial charge in [0.1, 0.15) is 0 Å². The normalized spacial score (nSPS) is 14.5. The van der Waals surface area contributed by atoms with E-state index in [9.17, 15) is 22.8 Å². The van der Waals surface area contributed by atoms with E-state index in [1.165, 1.54) is 30.2 Å². The second kappa shape index (κ2) is 9.76. The molecule has 2 aromatic rings. The lowest BCUT2D eigenvalue weighted by Gasteiger charge is -2.34. The number of rotatable bonds is 5. The number of carbonyl (C=O) groups excluding carboxylic acids is 2. The Morgan fingerprint density at radius 2 is 1.47 bits per heavy atom. The molecule has 0 radical (unpaired) electrons.